The number of benzene rings is 3. The average molecular weight is 576 g/mol. The molecule has 0 radical (unpaired) electrons. The monoisotopic (exact) mass is 575 g/mol. The van der Waals surface area contributed by atoms with Gasteiger partial charge in [0.15, 0.2) is 23.9 Å². The summed E-state index contributed by atoms with van der Waals surface area (Å²) in [5, 5.41) is 15.6. The van der Waals surface area contributed by atoms with Gasteiger partial charge >= 0.3 is 11.7 Å². The van der Waals surface area contributed by atoms with Gasteiger partial charge in [-0.05, 0) is 64.8 Å². The zero-order valence-corrected chi connectivity index (χ0v) is 24.1. The van der Waals surface area contributed by atoms with Gasteiger partial charge in [-0.3, -0.25) is 14.9 Å². The van der Waals surface area contributed by atoms with E-state index in [-0.39, 0.29) is 34.8 Å². The Labute approximate surface area is 243 Å². The molecule has 0 aromatic heterocycles. The quantitative estimate of drug-likeness (QED) is 0.105. The van der Waals surface area contributed by atoms with Crippen molar-refractivity contribution in [2.45, 2.75) is 46.5 Å². The smallest absolute Gasteiger partial charge is 0.343 e. The number of nitrogens with zero attached hydrogens (tertiary/aromatic N) is 2. The molecule has 1 amide bonds. The van der Waals surface area contributed by atoms with Gasteiger partial charge < -0.3 is 18.9 Å². The van der Waals surface area contributed by atoms with E-state index in [1.807, 2.05) is 13.8 Å². The van der Waals surface area contributed by atoms with Crippen LogP contribution in [0, 0.1) is 15.5 Å². The van der Waals surface area contributed by atoms with Crippen LogP contribution in [0.4, 0.5) is 5.69 Å². The van der Waals surface area contributed by atoms with Crippen LogP contribution < -0.4 is 24.4 Å². The molecule has 11 nitrogen and oxygen atoms in total. The summed E-state index contributed by atoms with van der Waals surface area (Å²) in [6.45, 7) is 10.1. The molecule has 42 heavy (non-hydrogen) atoms. The van der Waals surface area contributed by atoms with Gasteiger partial charge in [0.25, 0.3) is 5.91 Å². The Balaban J connectivity index is 1.32. The topological polar surface area (TPSA) is 139 Å². The maximum Gasteiger partial charge on any atom is 0.343 e. The summed E-state index contributed by atoms with van der Waals surface area (Å²) in [5.41, 5.74) is 3.52. The Morgan fingerprint density at radius 3 is 2.52 bits per heavy atom. The van der Waals surface area contributed by atoms with Crippen LogP contribution in [0.2, 0.25) is 0 Å². The number of hydrazone groups is 1. The first-order valence-electron chi connectivity index (χ1n) is 13.3. The normalized spacial score (nSPS) is 12.7. The molecule has 0 aliphatic carbocycles. The van der Waals surface area contributed by atoms with Gasteiger partial charge in [0.1, 0.15) is 5.75 Å². The molecule has 0 unspecified atom stereocenters. The van der Waals surface area contributed by atoms with Gasteiger partial charge in [0.05, 0.1) is 16.7 Å². The Hall–Kier alpha value is -4.93. The molecule has 11 heteroatoms. The first kappa shape index (κ1) is 30.0. The fourth-order valence-corrected chi connectivity index (χ4v) is 4.83. The number of ether oxygens (including phenoxy) is 4. The van der Waals surface area contributed by atoms with Crippen molar-refractivity contribution in [3.05, 3.63) is 87.5 Å². The van der Waals surface area contributed by atoms with Crippen molar-refractivity contribution in [1.29, 1.82) is 0 Å². The predicted molar refractivity (Wildman–Crippen MR) is 155 cm³/mol. The molecule has 0 bridgehead atoms. The number of carbonyl (C=O) groups excluding carboxylic acids is 2. The lowest BCUT2D eigenvalue weighted by molar-refractivity contribution is -0.385. The van der Waals surface area contributed by atoms with E-state index in [2.05, 4.69) is 31.3 Å². The molecule has 1 N–H and O–H groups in total. The van der Waals surface area contributed by atoms with Crippen LogP contribution in [0.15, 0.2) is 65.8 Å². The Bertz CT molecular complexity index is 1520. The SMILES string of the molecule is CC(C)(C)CC(C)(C)c1ccc(OCC(=O)NN=Cc2cccc(OC(=O)c3ccc4c(c3)OCO4)c2)c([N+](=O)[O-])c1. The van der Waals surface area contributed by atoms with Gasteiger partial charge in [-0.15, -0.1) is 0 Å². The van der Waals surface area contributed by atoms with Crippen molar-refractivity contribution >= 4 is 23.8 Å². The van der Waals surface area contributed by atoms with Crippen molar-refractivity contribution in [3.63, 3.8) is 0 Å². The van der Waals surface area contributed by atoms with Crippen LogP contribution >= 0.6 is 0 Å². The highest BCUT2D eigenvalue weighted by atomic mass is 16.7. The first-order chi connectivity index (χ1) is 19.8. The van der Waals surface area contributed by atoms with E-state index in [4.69, 9.17) is 18.9 Å². The van der Waals surface area contributed by atoms with Crippen LogP contribution in [0.1, 0.15) is 62.5 Å². The van der Waals surface area contributed by atoms with Crippen molar-refractivity contribution in [1.82, 2.24) is 5.43 Å². The fraction of sp³-hybridized carbons (Fsp3) is 0.323. The van der Waals surface area contributed by atoms with Crippen LogP contribution in [0.25, 0.3) is 0 Å². The first-order valence-corrected chi connectivity index (χ1v) is 13.3. The standard InChI is InChI=1S/C31H33N3O8/c1-30(2,3)18-31(4,5)22-10-12-25(24(15-22)34(37)38)39-17-28(35)33-32-16-20-7-6-8-23(13-20)42-29(36)21-9-11-26-27(14-21)41-19-40-26/h6-16H,17-19H2,1-5H3,(H,33,35). The van der Waals surface area contributed by atoms with E-state index in [0.29, 0.717) is 22.6 Å². The van der Waals surface area contributed by atoms with E-state index in [1.54, 1.807) is 48.5 Å². The zero-order chi connectivity index (χ0) is 30.5. The van der Waals surface area contributed by atoms with Crippen molar-refractivity contribution < 1.29 is 33.5 Å². The number of nitro benzene ring substituents is 1. The second-order valence-electron chi connectivity index (χ2n) is 11.7. The third kappa shape index (κ3) is 7.84. The summed E-state index contributed by atoms with van der Waals surface area (Å²) in [6.07, 6.45) is 2.19. The maximum absolute atomic E-state index is 12.5. The minimum absolute atomic E-state index is 0.00795. The fourth-order valence-electron chi connectivity index (χ4n) is 4.83. The highest BCUT2D eigenvalue weighted by Gasteiger charge is 2.30. The van der Waals surface area contributed by atoms with E-state index in [9.17, 15) is 19.7 Å². The van der Waals surface area contributed by atoms with Crippen LogP contribution in [0.3, 0.4) is 0 Å². The van der Waals surface area contributed by atoms with Crippen LogP contribution in [0.5, 0.6) is 23.0 Å². The lowest BCUT2D eigenvalue weighted by atomic mass is 9.72. The second kappa shape index (κ2) is 12.3. The van der Waals surface area contributed by atoms with Gasteiger partial charge in [-0.2, -0.15) is 5.10 Å². The summed E-state index contributed by atoms with van der Waals surface area (Å²) >= 11 is 0. The lowest BCUT2D eigenvalue weighted by Crippen LogP contribution is -2.26. The molecule has 220 valence electrons. The molecule has 0 fully saturated rings. The van der Waals surface area contributed by atoms with Gasteiger partial charge in [-0.25, -0.2) is 10.2 Å². The molecular weight excluding hydrogens is 542 g/mol. The van der Waals surface area contributed by atoms with E-state index in [0.717, 1.165) is 12.0 Å². The van der Waals surface area contributed by atoms with Crippen molar-refractivity contribution in [2.24, 2.45) is 10.5 Å². The number of hydrogen-bond acceptors (Lipinski definition) is 9. The molecule has 1 aliphatic heterocycles. The summed E-state index contributed by atoms with van der Waals surface area (Å²) in [7, 11) is 0. The van der Waals surface area contributed by atoms with Crippen molar-refractivity contribution in [2.75, 3.05) is 13.4 Å². The number of nitro groups is 1. The Morgan fingerprint density at radius 2 is 1.79 bits per heavy atom. The molecule has 3 aromatic carbocycles. The summed E-state index contributed by atoms with van der Waals surface area (Å²) in [5.74, 6) is 0.112. The number of carbonyl (C=O) groups is 2. The Morgan fingerprint density at radius 1 is 1.02 bits per heavy atom. The molecule has 0 spiro atoms. The predicted octanol–water partition coefficient (Wildman–Crippen LogP) is 5.79. The van der Waals surface area contributed by atoms with E-state index < -0.39 is 23.4 Å². The van der Waals surface area contributed by atoms with Crippen LogP contribution in [-0.2, 0) is 10.2 Å². The molecule has 1 aliphatic rings. The van der Waals surface area contributed by atoms with Gasteiger partial charge in [0.2, 0.25) is 6.79 Å². The molecular formula is C31H33N3O8. The number of rotatable bonds is 10. The number of nitrogens with one attached hydrogen (secondary N) is 1. The highest BCUT2D eigenvalue weighted by molar-refractivity contribution is 5.92. The average Bonchev–Trinajstić information content (AvgIpc) is 3.39. The summed E-state index contributed by atoms with van der Waals surface area (Å²) in [6, 6.07) is 16.1. The number of esters is 1. The van der Waals surface area contributed by atoms with Gasteiger partial charge in [-0.1, -0.05) is 52.8 Å². The third-order valence-corrected chi connectivity index (χ3v) is 6.35. The maximum atomic E-state index is 12.5. The molecule has 3 aromatic rings. The molecule has 0 atom stereocenters. The zero-order valence-electron chi connectivity index (χ0n) is 24.1. The third-order valence-electron chi connectivity index (χ3n) is 6.35. The molecule has 0 saturated carbocycles. The Kier molecular flexibility index (Phi) is 8.79. The second-order valence-corrected chi connectivity index (χ2v) is 11.7. The molecule has 0 saturated heterocycles. The highest BCUT2D eigenvalue weighted by Crippen LogP contribution is 2.39. The summed E-state index contributed by atoms with van der Waals surface area (Å²) in [4.78, 5) is 36.1. The number of hydrogen-bond donors (Lipinski definition) is 1. The minimum Gasteiger partial charge on any atom is -0.477 e. The molecule has 1 heterocycles. The number of amides is 1. The number of fused-ring (bicyclic) bond motifs is 1. The minimum atomic E-state index is -0.608. The summed E-state index contributed by atoms with van der Waals surface area (Å²) < 4.78 is 21.4. The van der Waals surface area contributed by atoms with E-state index >= 15 is 0 Å². The van der Waals surface area contributed by atoms with Gasteiger partial charge in [0, 0.05) is 6.07 Å². The molecule has 4 rings (SSSR count). The van der Waals surface area contributed by atoms with E-state index in [1.165, 1.54) is 18.3 Å². The van der Waals surface area contributed by atoms with Crippen LogP contribution in [-0.4, -0.2) is 36.4 Å². The van der Waals surface area contributed by atoms with Crippen molar-refractivity contribution in [3.8, 4) is 23.0 Å². The lowest BCUT2D eigenvalue weighted by Gasteiger charge is -2.33. The largest absolute Gasteiger partial charge is 0.477 e.